The van der Waals surface area contributed by atoms with Crippen LogP contribution in [-0.2, 0) is 11.3 Å². The number of methoxy groups -OCH3 is 1. The largest absolute Gasteiger partial charge is 0.506 e. The Bertz CT molecular complexity index is 353. The van der Waals surface area contributed by atoms with E-state index in [2.05, 4.69) is 16.8 Å². The SMILES string of the molecule is COC1CN(Cc2ccc(O)cn2)CCC1C. The molecular weight excluding hydrogens is 216 g/mol. The van der Waals surface area contributed by atoms with E-state index < -0.39 is 0 Å². The third kappa shape index (κ3) is 3.17. The maximum atomic E-state index is 9.18. The fraction of sp³-hybridized carbons (Fsp3) is 0.615. The Morgan fingerprint density at radius 2 is 2.35 bits per heavy atom. The van der Waals surface area contributed by atoms with Crippen molar-refractivity contribution in [3.8, 4) is 5.75 Å². The number of rotatable bonds is 3. The van der Waals surface area contributed by atoms with Crippen molar-refractivity contribution in [1.82, 2.24) is 9.88 Å². The van der Waals surface area contributed by atoms with Gasteiger partial charge >= 0.3 is 0 Å². The van der Waals surface area contributed by atoms with Crippen LogP contribution in [0.2, 0.25) is 0 Å². The summed E-state index contributed by atoms with van der Waals surface area (Å²) in [4.78, 5) is 6.56. The Morgan fingerprint density at radius 1 is 1.53 bits per heavy atom. The summed E-state index contributed by atoms with van der Waals surface area (Å²) >= 11 is 0. The summed E-state index contributed by atoms with van der Waals surface area (Å²) in [6.07, 6.45) is 2.98. The van der Waals surface area contributed by atoms with E-state index in [1.165, 1.54) is 6.20 Å². The summed E-state index contributed by atoms with van der Waals surface area (Å²) in [5, 5.41) is 9.18. The van der Waals surface area contributed by atoms with Crippen LogP contribution in [0.3, 0.4) is 0 Å². The van der Waals surface area contributed by atoms with Gasteiger partial charge in [-0.05, 0) is 31.0 Å². The monoisotopic (exact) mass is 236 g/mol. The smallest absolute Gasteiger partial charge is 0.133 e. The van der Waals surface area contributed by atoms with Gasteiger partial charge in [-0.2, -0.15) is 0 Å². The molecule has 2 unspecified atom stereocenters. The molecule has 0 bridgehead atoms. The lowest BCUT2D eigenvalue weighted by Crippen LogP contribution is -2.43. The third-order valence-electron chi connectivity index (χ3n) is 3.47. The van der Waals surface area contributed by atoms with E-state index in [4.69, 9.17) is 4.74 Å². The van der Waals surface area contributed by atoms with E-state index in [-0.39, 0.29) is 5.75 Å². The standard InChI is InChI=1S/C13H20N2O2/c1-10-5-6-15(9-13(10)17-2)8-11-3-4-12(16)7-14-11/h3-4,7,10,13,16H,5-6,8-9H2,1-2H3. The normalized spacial score (nSPS) is 26.0. The Morgan fingerprint density at radius 3 is 3.00 bits per heavy atom. The van der Waals surface area contributed by atoms with E-state index >= 15 is 0 Å². The first-order valence-corrected chi connectivity index (χ1v) is 6.08. The molecule has 0 spiro atoms. The summed E-state index contributed by atoms with van der Waals surface area (Å²) in [6.45, 7) is 5.11. The van der Waals surface area contributed by atoms with E-state index in [9.17, 15) is 5.11 Å². The fourth-order valence-corrected chi connectivity index (χ4v) is 2.29. The second-order valence-electron chi connectivity index (χ2n) is 4.78. The first-order valence-electron chi connectivity index (χ1n) is 6.08. The zero-order valence-corrected chi connectivity index (χ0v) is 10.5. The lowest BCUT2D eigenvalue weighted by molar-refractivity contribution is -0.00779. The van der Waals surface area contributed by atoms with Crippen LogP contribution in [0.5, 0.6) is 5.75 Å². The molecule has 0 saturated carbocycles. The summed E-state index contributed by atoms with van der Waals surface area (Å²) in [5.74, 6) is 0.847. The zero-order chi connectivity index (χ0) is 12.3. The van der Waals surface area contributed by atoms with Crippen molar-refractivity contribution in [2.24, 2.45) is 5.92 Å². The number of hydrogen-bond acceptors (Lipinski definition) is 4. The molecule has 2 heterocycles. The van der Waals surface area contributed by atoms with Crippen molar-refractivity contribution in [3.05, 3.63) is 24.0 Å². The number of aromatic nitrogens is 1. The minimum atomic E-state index is 0.218. The molecule has 1 aromatic rings. The number of likely N-dealkylation sites (tertiary alicyclic amines) is 1. The van der Waals surface area contributed by atoms with Gasteiger partial charge in [-0.3, -0.25) is 9.88 Å². The maximum Gasteiger partial charge on any atom is 0.133 e. The van der Waals surface area contributed by atoms with E-state index in [1.54, 1.807) is 13.2 Å². The second-order valence-corrected chi connectivity index (χ2v) is 4.78. The minimum Gasteiger partial charge on any atom is -0.506 e. The predicted octanol–water partition coefficient (Wildman–Crippen LogP) is 1.64. The average Bonchev–Trinajstić information content (AvgIpc) is 2.34. The third-order valence-corrected chi connectivity index (χ3v) is 3.47. The van der Waals surface area contributed by atoms with Crippen LogP contribution in [0.15, 0.2) is 18.3 Å². The summed E-state index contributed by atoms with van der Waals surface area (Å²) in [5.41, 5.74) is 0.993. The van der Waals surface area contributed by atoms with Gasteiger partial charge in [0.05, 0.1) is 18.0 Å². The van der Waals surface area contributed by atoms with Crippen LogP contribution in [0.1, 0.15) is 19.0 Å². The highest BCUT2D eigenvalue weighted by Crippen LogP contribution is 2.20. The number of aromatic hydroxyl groups is 1. The van der Waals surface area contributed by atoms with Gasteiger partial charge in [0.1, 0.15) is 5.75 Å². The summed E-state index contributed by atoms with van der Waals surface area (Å²) in [7, 11) is 1.78. The maximum absolute atomic E-state index is 9.18. The van der Waals surface area contributed by atoms with Crippen molar-refractivity contribution in [2.45, 2.75) is 26.0 Å². The van der Waals surface area contributed by atoms with Crippen molar-refractivity contribution in [3.63, 3.8) is 0 Å². The Hall–Kier alpha value is -1.13. The van der Waals surface area contributed by atoms with Crippen LogP contribution in [0.4, 0.5) is 0 Å². The number of hydrogen-bond donors (Lipinski definition) is 1. The highest BCUT2D eigenvalue weighted by atomic mass is 16.5. The molecule has 1 aliphatic rings. The quantitative estimate of drug-likeness (QED) is 0.866. The van der Waals surface area contributed by atoms with Gasteiger partial charge in [-0.1, -0.05) is 6.92 Å². The molecule has 0 amide bonds. The van der Waals surface area contributed by atoms with Crippen molar-refractivity contribution in [2.75, 3.05) is 20.2 Å². The number of piperidine rings is 1. The lowest BCUT2D eigenvalue weighted by Gasteiger charge is -2.35. The van der Waals surface area contributed by atoms with Gasteiger partial charge in [0.2, 0.25) is 0 Å². The number of nitrogens with zero attached hydrogens (tertiary/aromatic N) is 2. The molecule has 4 heteroatoms. The highest BCUT2D eigenvalue weighted by Gasteiger charge is 2.25. The molecule has 1 aromatic heterocycles. The topological polar surface area (TPSA) is 45.6 Å². The first kappa shape index (κ1) is 12.3. The molecule has 17 heavy (non-hydrogen) atoms. The van der Waals surface area contributed by atoms with Crippen molar-refractivity contribution >= 4 is 0 Å². The summed E-state index contributed by atoms with van der Waals surface area (Å²) < 4.78 is 5.49. The van der Waals surface area contributed by atoms with Crippen LogP contribution in [-0.4, -0.2) is 41.3 Å². The van der Waals surface area contributed by atoms with Crippen molar-refractivity contribution in [1.29, 1.82) is 0 Å². The average molecular weight is 236 g/mol. The Labute approximate surface area is 102 Å². The van der Waals surface area contributed by atoms with Crippen molar-refractivity contribution < 1.29 is 9.84 Å². The molecule has 0 radical (unpaired) electrons. The number of ether oxygens (including phenoxy) is 1. The van der Waals surface area contributed by atoms with Gasteiger partial charge in [0.15, 0.2) is 0 Å². The van der Waals surface area contributed by atoms with Gasteiger partial charge in [-0.15, -0.1) is 0 Å². The Kier molecular flexibility index (Phi) is 3.97. The molecule has 0 aliphatic carbocycles. The number of pyridine rings is 1. The van der Waals surface area contributed by atoms with Crippen LogP contribution in [0.25, 0.3) is 0 Å². The molecule has 1 aliphatic heterocycles. The predicted molar refractivity (Wildman–Crippen MR) is 65.8 cm³/mol. The summed E-state index contributed by atoms with van der Waals surface area (Å²) in [6, 6.07) is 3.55. The fourth-order valence-electron chi connectivity index (χ4n) is 2.29. The molecule has 0 aromatic carbocycles. The van der Waals surface area contributed by atoms with E-state index in [0.29, 0.717) is 12.0 Å². The second kappa shape index (κ2) is 5.47. The molecule has 2 atom stereocenters. The van der Waals surface area contributed by atoms with Gasteiger partial charge in [0.25, 0.3) is 0 Å². The molecule has 4 nitrogen and oxygen atoms in total. The molecule has 94 valence electrons. The minimum absolute atomic E-state index is 0.218. The zero-order valence-electron chi connectivity index (χ0n) is 10.5. The highest BCUT2D eigenvalue weighted by molar-refractivity contribution is 5.17. The van der Waals surface area contributed by atoms with Gasteiger partial charge in [-0.25, -0.2) is 0 Å². The molecular formula is C13H20N2O2. The van der Waals surface area contributed by atoms with Crippen LogP contribution in [0, 0.1) is 5.92 Å². The molecule has 1 fully saturated rings. The Balaban J connectivity index is 1.93. The molecule has 1 saturated heterocycles. The van der Waals surface area contributed by atoms with Crippen LogP contribution < -0.4 is 0 Å². The molecule has 1 N–H and O–H groups in total. The van der Waals surface area contributed by atoms with E-state index in [0.717, 1.165) is 31.7 Å². The van der Waals surface area contributed by atoms with Gasteiger partial charge < -0.3 is 9.84 Å². The van der Waals surface area contributed by atoms with Gasteiger partial charge in [0, 0.05) is 20.2 Å². The first-order chi connectivity index (χ1) is 8.19. The van der Waals surface area contributed by atoms with Crippen LogP contribution >= 0.6 is 0 Å². The van der Waals surface area contributed by atoms with E-state index in [1.807, 2.05) is 6.07 Å². The lowest BCUT2D eigenvalue weighted by atomic mass is 9.96. The molecule has 2 rings (SSSR count).